The van der Waals surface area contributed by atoms with E-state index in [0.29, 0.717) is 11.7 Å². The second kappa shape index (κ2) is 5.69. The fourth-order valence-electron chi connectivity index (χ4n) is 0.999. The van der Waals surface area contributed by atoms with Gasteiger partial charge in [0.15, 0.2) is 0 Å². The summed E-state index contributed by atoms with van der Waals surface area (Å²) in [7, 11) is 0. The van der Waals surface area contributed by atoms with Gasteiger partial charge in [-0.05, 0) is 29.3 Å². The first kappa shape index (κ1) is 12.0. The number of hydrogen-bond acceptors (Lipinski definition) is 4. The summed E-state index contributed by atoms with van der Waals surface area (Å²) < 4.78 is 5.40. The van der Waals surface area contributed by atoms with Crippen LogP contribution in [0.3, 0.4) is 0 Å². The van der Waals surface area contributed by atoms with Gasteiger partial charge in [0.2, 0.25) is 0 Å². The Balaban J connectivity index is 2.24. The standard InChI is InChI=1S/C9H14N2O3S/c1-7(4-11(13)9(10)12)14-5-8-2-3-15-6-8/h2-3,6-7,13H,4-5H2,1H3,(H2,10,12). The maximum Gasteiger partial charge on any atom is 0.338 e. The van der Waals surface area contributed by atoms with Crippen LogP contribution in [0.4, 0.5) is 4.79 Å². The Bertz CT molecular complexity index is 302. The molecule has 1 aromatic rings. The van der Waals surface area contributed by atoms with E-state index in [9.17, 15) is 4.79 Å². The van der Waals surface area contributed by atoms with E-state index in [0.717, 1.165) is 5.56 Å². The van der Waals surface area contributed by atoms with Crippen molar-refractivity contribution in [3.63, 3.8) is 0 Å². The third kappa shape index (κ3) is 4.28. The maximum absolute atomic E-state index is 10.5. The zero-order chi connectivity index (χ0) is 11.3. The van der Waals surface area contributed by atoms with Crippen LogP contribution in [-0.4, -0.2) is 29.0 Å². The Morgan fingerprint density at radius 2 is 2.53 bits per heavy atom. The van der Waals surface area contributed by atoms with Gasteiger partial charge in [-0.3, -0.25) is 5.21 Å². The number of nitrogens with two attached hydrogens (primary N) is 1. The van der Waals surface area contributed by atoms with E-state index in [2.05, 4.69) is 0 Å². The fraction of sp³-hybridized carbons (Fsp3) is 0.444. The summed E-state index contributed by atoms with van der Waals surface area (Å²) in [4.78, 5) is 10.5. The molecule has 1 aromatic heterocycles. The Labute approximate surface area is 92.0 Å². The summed E-state index contributed by atoms with van der Waals surface area (Å²) in [5.41, 5.74) is 5.94. The number of thiophene rings is 1. The molecule has 0 radical (unpaired) electrons. The number of carbonyl (C=O) groups excluding carboxylic acids is 1. The van der Waals surface area contributed by atoms with Gasteiger partial charge in [0.25, 0.3) is 0 Å². The largest absolute Gasteiger partial charge is 0.372 e. The van der Waals surface area contributed by atoms with E-state index in [1.165, 1.54) is 0 Å². The van der Waals surface area contributed by atoms with Crippen molar-refractivity contribution in [2.75, 3.05) is 6.54 Å². The molecule has 0 bridgehead atoms. The first-order valence-corrected chi connectivity index (χ1v) is 5.42. The summed E-state index contributed by atoms with van der Waals surface area (Å²) in [6, 6.07) is 1.09. The average Bonchev–Trinajstić information content (AvgIpc) is 2.66. The van der Waals surface area contributed by atoms with Crippen LogP contribution in [-0.2, 0) is 11.3 Å². The predicted molar refractivity (Wildman–Crippen MR) is 56.6 cm³/mol. The number of primary amides is 1. The second-order valence-corrected chi connectivity index (χ2v) is 3.95. The molecule has 2 amide bonds. The fourth-order valence-corrected chi connectivity index (χ4v) is 1.65. The van der Waals surface area contributed by atoms with Crippen molar-refractivity contribution in [3.05, 3.63) is 22.4 Å². The number of nitrogens with zero attached hydrogens (tertiary/aromatic N) is 1. The molecule has 1 heterocycles. The molecule has 0 fully saturated rings. The lowest BCUT2D eigenvalue weighted by Gasteiger charge is -2.17. The van der Waals surface area contributed by atoms with Gasteiger partial charge in [0.1, 0.15) is 0 Å². The molecule has 0 saturated carbocycles. The molecule has 0 aliphatic carbocycles. The van der Waals surface area contributed by atoms with E-state index in [1.54, 1.807) is 18.3 Å². The summed E-state index contributed by atoms with van der Waals surface area (Å²) in [5.74, 6) is 0. The molecule has 15 heavy (non-hydrogen) atoms. The van der Waals surface area contributed by atoms with Crippen molar-refractivity contribution in [1.82, 2.24) is 5.06 Å². The van der Waals surface area contributed by atoms with E-state index >= 15 is 0 Å². The summed E-state index contributed by atoms with van der Waals surface area (Å²) in [6.07, 6.45) is -0.262. The molecule has 84 valence electrons. The number of urea groups is 1. The van der Waals surface area contributed by atoms with E-state index < -0.39 is 6.03 Å². The van der Waals surface area contributed by atoms with Gasteiger partial charge < -0.3 is 10.5 Å². The summed E-state index contributed by atoms with van der Waals surface area (Å²) in [5, 5.41) is 13.4. The van der Waals surface area contributed by atoms with Crippen molar-refractivity contribution in [2.45, 2.75) is 19.6 Å². The van der Waals surface area contributed by atoms with Crippen LogP contribution in [0.15, 0.2) is 16.8 Å². The number of amides is 2. The molecule has 0 aliphatic heterocycles. The number of rotatable bonds is 5. The van der Waals surface area contributed by atoms with Gasteiger partial charge in [-0.1, -0.05) is 0 Å². The van der Waals surface area contributed by atoms with E-state index in [4.69, 9.17) is 15.7 Å². The quantitative estimate of drug-likeness (QED) is 0.593. The topological polar surface area (TPSA) is 75.8 Å². The average molecular weight is 230 g/mol. The normalized spacial score (nSPS) is 12.4. The maximum atomic E-state index is 10.5. The molecule has 0 aliphatic rings. The third-order valence-electron chi connectivity index (χ3n) is 1.80. The highest BCUT2D eigenvalue weighted by Gasteiger charge is 2.11. The number of hydroxylamine groups is 2. The molecule has 1 atom stereocenters. The molecule has 1 rings (SSSR count). The van der Waals surface area contributed by atoms with Gasteiger partial charge in [-0.15, -0.1) is 0 Å². The van der Waals surface area contributed by atoms with E-state index in [-0.39, 0.29) is 12.6 Å². The highest BCUT2D eigenvalue weighted by atomic mass is 32.1. The third-order valence-corrected chi connectivity index (χ3v) is 2.53. The number of ether oxygens (including phenoxy) is 1. The molecule has 0 spiro atoms. The minimum absolute atomic E-state index is 0.0689. The van der Waals surface area contributed by atoms with Crippen molar-refractivity contribution in [1.29, 1.82) is 0 Å². The Morgan fingerprint density at radius 3 is 3.07 bits per heavy atom. The van der Waals surface area contributed by atoms with Crippen LogP contribution in [0.1, 0.15) is 12.5 Å². The molecule has 5 nitrogen and oxygen atoms in total. The lowest BCUT2D eigenvalue weighted by molar-refractivity contribution is -0.0794. The zero-order valence-electron chi connectivity index (χ0n) is 8.42. The van der Waals surface area contributed by atoms with Gasteiger partial charge in [0, 0.05) is 0 Å². The second-order valence-electron chi connectivity index (χ2n) is 3.17. The van der Waals surface area contributed by atoms with Crippen LogP contribution in [0.25, 0.3) is 0 Å². The van der Waals surface area contributed by atoms with Crippen molar-refractivity contribution >= 4 is 17.4 Å². The molecule has 0 aromatic carbocycles. The Kier molecular flexibility index (Phi) is 4.54. The summed E-state index contributed by atoms with van der Waals surface area (Å²) in [6.45, 7) is 2.30. The Morgan fingerprint density at radius 1 is 1.80 bits per heavy atom. The molecular weight excluding hydrogens is 216 g/mol. The summed E-state index contributed by atoms with van der Waals surface area (Å²) >= 11 is 1.60. The van der Waals surface area contributed by atoms with Crippen LogP contribution in [0.5, 0.6) is 0 Å². The Hall–Kier alpha value is -1.11. The van der Waals surface area contributed by atoms with Gasteiger partial charge in [-0.25, -0.2) is 9.86 Å². The number of hydrogen-bond donors (Lipinski definition) is 2. The first-order valence-electron chi connectivity index (χ1n) is 4.48. The highest BCUT2D eigenvalue weighted by molar-refractivity contribution is 7.07. The van der Waals surface area contributed by atoms with Gasteiger partial charge in [-0.2, -0.15) is 11.3 Å². The number of carbonyl (C=O) groups is 1. The molecule has 3 N–H and O–H groups in total. The first-order chi connectivity index (χ1) is 7.09. The van der Waals surface area contributed by atoms with Crippen molar-refractivity contribution in [3.8, 4) is 0 Å². The molecular formula is C9H14N2O3S. The van der Waals surface area contributed by atoms with Crippen LogP contribution >= 0.6 is 11.3 Å². The van der Waals surface area contributed by atoms with E-state index in [1.807, 2.05) is 16.8 Å². The monoisotopic (exact) mass is 230 g/mol. The predicted octanol–water partition coefficient (Wildman–Crippen LogP) is 1.42. The van der Waals surface area contributed by atoms with Crippen LogP contribution < -0.4 is 5.73 Å². The highest BCUT2D eigenvalue weighted by Crippen LogP contribution is 2.08. The lowest BCUT2D eigenvalue weighted by Crippen LogP contribution is -2.38. The molecule has 0 saturated heterocycles. The zero-order valence-corrected chi connectivity index (χ0v) is 9.24. The van der Waals surface area contributed by atoms with Crippen LogP contribution in [0, 0.1) is 0 Å². The van der Waals surface area contributed by atoms with Crippen molar-refractivity contribution in [2.24, 2.45) is 5.73 Å². The SMILES string of the molecule is CC(CN(O)C(N)=O)OCc1ccsc1. The van der Waals surface area contributed by atoms with Gasteiger partial charge >= 0.3 is 6.03 Å². The minimum atomic E-state index is -0.874. The van der Waals surface area contributed by atoms with Crippen LogP contribution in [0.2, 0.25) is 0 Å². The lowest BCUT2D eigenvalue weighted by atomic mass is 10.3. The van der Waals surface area contributed by atoms with Gasteiger partial charge in [0.05, 0.1) is 19.3 Å². The molecule has 6 heteroatoms. The smallest absolute Gasteiger partial charge is 0.338 e. The molecule has 1 unspecified atom stereocenters. The minimum Gasteiger partial charge on any atom is -0.372 e. The van der Waals surface area contributed by atoms with Crippen molar-refractivity contribution < 1.29 is 14.7 Å².